The molecule has 0 bridgehead atoms. The maximum Gasteiger partial charge on any atom is 0.269 e. The van der Waals surface area contributed by atoms with Crippen LogP contribution in [0.2, 0.25) is 0 Å². The van der Waals surface area contributed by atoms with E-state index in [-0.39, 0.29) is 5.91 Å². The third-order valence-corrected chi connectivity index (χ3v) is 1.96. The summed E-state index contributed by atoms with van der Waals surface area (Å²) >= 11 is 0. The standard InChI is InChI=1S/C10H16N2O/c1-8(2)12-7-5-6-9(12)10(13)11(3)4/h5-8H,1-4H3. The Labute approximate surface area is 79.0 Å². The van der Waals surface area contributed by atoms with Gasteiger partial charge in [0.15, 0.2) is 0 Å². The lowest BCUT2D eigenvalue weighted by Gasteiger charge is -2.15. The first kappa shape index (κ1) is 9.84. The van der Waals surface area contributed by atoms with E-state index in [9.17, 15) is 4.79 Å². The van der Waals surface area contributed by atoms with Crippen molar-refractivity contribution in [2.45, 2.75) is 19.9 Å². The third kappa shape index (κ3) is 1.91. The molecule has 0 aromatic carbocycles. The van der Waals surface area contributed by atoms with E-state index >= 15 is 0 Å². The molecule has 1 heterocycles. The van der Waals surface area contributed by atoms with Crippen LogP contribution in [0.1, 0.15) is 30.4 Å². The average Bonchev–Trinajstić information content (AvgIpc) is 2.50. The number of aromatic nitrogens is 1. The first-order valence-electron chi connectivity index (χ1n) is 4.42. The highest BCUT2D eigenvalue weighted by Crippen LogP contribution is 2.11. The number of carbonyl (C=O) groups is 1. The Hall–Kier alpha value is -1.25. The molecule has 0 N–H and O–H groups in total. The fraction of sp³-hybridized carbons (Fsp3) is 0.500. The van der Waals surface area contributed by atoms with Crippen molar-refractivity contribution in [2.24, 2.45) is 0 Å². The maximum absolute atomic E-state index is 11.6. The van der Waals surface area contributed by atoms with E-state index in [1.807, 2.05) is 22.9 Å². The molecule has 13 heavy (non-hydrogen) atoms. The van der Waals surface area contributed by atoms with Crippen LogP contribution < -0.4 is 0 Å². The number of rotatable bonds is 2. The SMILES string of the molecule is CC(C)n1cccc1C(=O)N(C)C. The van der Waals surface area contributed by atoms with Crippen molar-refractivity contribution in [3.8, 4) is 0 Å². The Morgan fingerprint density at radius 2 is 2.08 bits per heavy atom. The maximum atomic E-state index is 11.6. The van der Waals surface area contributed by atoms with E-state index in [4.69, 9.17) is 0 Å². The molecule has 0 radical (unpaired) electrons. The van der Waals surface area contributed by atoms with Gasteiger partial charge in [-0.15, -0.1) is 0 Å². The van der Waals surface area contributed by atoms with Crippen molar-refractivity contribution < 1.29 is 4.79 Å². The molecule has 0 saturated carbocycles. The summed E-state index contributed by atoms with van der Waals surface area (Å²) in [5, 5.41) is 0. The van der Waals surface area contributed by atoms with Crippen molar-refractivity contribution in [1.29, 1.82) is 0 Å². The molecule has 1 aromatic rings. The third-order valence-electron chi connectivity index (χ3n) is 1.96. The molecule has 1 aromatic heterocycles. The quantitative estimate of drug-likeness (QED) is 0.681. The van der Waals surface area contributed by atoms with Crippen LogP contribution in [-0.2, 0) is 0 Å². The largest absolute Gasteiger partial charge is 0.343 e. The highest BCUT2D eigenvalue weighted by atomic mass is 16.2. The van der Waals surface area contributed by atoms with Gasteiger partial charge in [0.25, 0.3) is 5.91 Å². The van der Waals surface area contributed by atoms with Crippen LogP contribution in [-0.4, -0.2) is 29.5 Å². The van der Waals surface area contributed by atoms with Crippen molar-refractivity contribution in [2.75, 3.05) is 14.1 Å². The van der Waals surface area contributed by atoms with Gasteiger partial charge in [-0.05, 0) is 26.0 Å². The minimum atomic E-state index is 0.0544. The minimum absolute atomic E-state index is 0.0544. The van der Waals surface area contributed by atoms with Gasteiger partial charge >= 0.3 is 0 Å². The number of amides is 1. The normalized spacial score (nSPS) is 10.5. The fourth-order valence-corrected chi connectivity index (χ4v) is 1.25. The second-order valence-corrected chi connectivity index (χ2v) is 3.59. The molecule has 0 aliphatic heterocycles. The molecule has 72 valence electrons. The fourth-order valence-electron chi connectivity index (χ4n) is 1.25. The zero-order valence-corrected chi connectivity index (χ0v) is 8.61. The molecule has 0 spiro atoms. The molecule has 1 amide bonds. The molecule has 0 saturated heterocycles. The van der Waals surface area contributed by atoms with Crippen molar-refractivity contribution in [3.05, 3.63) is 24.0 Å². The first-order chi connectivity index (χ1) is 6.04. The summed E-state index contributed by atoms with van der Waals surface area (Å²) in [5.74, 6) is 0.0544. The number of carbonyl (C=O) groups excluding carboxylic acids is 1. The van der Waals surface area contributed by atoms with Gasteiger partial charge in [0.1, 0.15) is 5.69 Å². The van der Waals surface area contributed by atoms with Crippen LogP contribution >= 0.6 is 0 Å². The van der Waals surface area contributed by atoms with Gasteiger partial charge < -0.3 is 9.47 Å². The Morgan fingerprint density at radius 3 is 2.54 bits per heavy atom. The number of nitrogens with zero attached hydrogens (tertiary/aromatic N) is 2. The van der Waals surface area contributed by atoms with Gasteiger partial charge in [0.2, 0.25) is 0 Å². The predicted molar refractivity (Wildman–Crippen MR) is 52.8 cm³/mol. The van der Waals surface area contributed by atoms with Crippen LogP contribution in [0, 0.1) is 0 Å². The molecule has 0 fully saturated rings. The summed E-state index contributed by atoms with van der Waals surface area (Å²) in [5.41, 5.74) is 0.750. The molecule has 0 aliphatic rings. The van der Waals surface area contributed by atoms with Crippen LogP contribution in [0.3, 0.4) is 0 Å². The van der Waals surface area contributed by atoms with E-state index in [0.29, 0.717) is 6.04 Å². The van der Waals surface area contributed by atoms with E-state index < -0.39 is 0 Å². The van der Waals surface area contributed by atoms with Crippen molar-refractivity contribution in [3.63, 3.8) is 0 Å². The predicted octanol–water partition coefficient (Wildman–Crippen LogP) is 1.77. The van der Waals surface area contributed by atoms with E-state index in [2.05, 4.69) is 13.8 Å². The average molecular weight is 180 g/mol. The number of hydrogen-bond donors (Lipinski definition) is 0. The van der Waals surface area contributed by atoms with Crippen LogP contribution in [0.15, 0.2) is 18.3 Å². The lowest BCUT2D eigenvalue weighted by molar-refractivity contribution is 0.0815. The zero-order valence-electron chi connectivity index (χ0n) is 8.61. The lowest BCUT2D eigenvalue weighted by atomic mass is 10.3. The molecule has 0 atom stereocenters. The van der Waals surface area contributed by atoms with E-state index in [1.54, 1.807) is 19.0 Å². The second-order valence-electron chi connectivity index (χ2n) is 3.59. The van der Waals surface area contributed by atoms with Crippen LogP contribution in [0.4, 0.5) is 0 Å². The monoisotopic (exact) mass is 180 g/mol. The Balaban J connectivity index is 3.01. The summed E-state index contributed by atoms with van der Waals surface area (Å²) in [4.78, 5) is 13.2. The van der Waals surface area contributed by atoms with Crippen molar-refractivity contribution in [1.82, 2.24) is 9.47 Å². The Kier molecular flexibility index (Phi) is 2.76. The molecule has 1 rings (SSSR count). The van der Waals surface area contributed by atoms with Crippen LogP contribution in [0.25, 0.3) is 0 Å². The zero-order chi connectivity index (χ0) is 10.0. The molecular weight excluding hydrogens is 164 g/mol. The number of hydrogen-bond acceptors (Lipinski definition) is 1. The molecule has 3 heteroatoms. The topological polar surface area (TPSA) is 25.2 Å². The molecule has 0 aliphatic carbocycles. The summed E-state index contributed by atoms with van der Waals surface area (Å²) in [7, 11) is 3.53. The molecule has 0 unspecified atom stereocenters. The van der Waals surface area contributed by atoms with Gasteiger partial charge in [0.05, 0.1) is 0 Å². The summed E-state index contributed by atoms with van der Waals surface area (Å²) < 4.78 is 1.97. The lowest BCUT2D eigenvalue weighted by Crippen LogP contribution is -2.24. The van der Waals surface area contributed by atoms with Gasteiger partial charge in [-0.2, -0.15) is 0 Å². The minimum Gasteiger partial charge on any atom is -0.343 e. The summed E-state index contributed by atoms with van der Waals surface area (Å²) in [6.07, 6.45) is 1.93. The van der Waals surface area contributed by atoms with E-state index in [1.165, 1.54) is 0 Å². The first-order valence-corrected chi connectivity index (χ1v) is 4.42. The highest BCUT2D eigenvalue weighted by molar-refractivity contribution is 5.92. The van der Waals surface area contributed by atoms with Crippen LogP contribution in [0.5, 0.6) is 0 Å². The molecule has 3 nitrogen and oxygen atoms in total. The van der Waals surface area contributed by atoms with E-state index in [0.717, 1.165) is 5.69 Å². The second kappa shape index (κ2) is 3.64. The Morgan fingerprint density at radius 1 is 1.46 bits per heavy atom. The van der Waals surface area contributed by atoms with Gasteiger partial charge in [-0.1, -0.05) is 0 Å². The molecular formula is C10H16N2O. The summed E-state index contributed by atoms with van der Waals surface area (Å²) in [6.45, 7) is 4.12. The highest BCUT2D eigenvalue weighted by Gasteiger charge is 2.13. The van der Waals surface area contributed by atoms with Crippen molar-refractivity contribution >= 4 is 5.91 Å². The van der Waals surface area contributed by atoms with Gasteiger partial charge in [-0.25, -0.2) is 0 Å². The summed E-state index contributed by atoms with van der Waals surface area (Å²) in [6, 6.07) is 4.08. The van der Waals surface area contributed by atoms with Gasteiger partial charge in [0, 0.05) is 26.3 Å². The van der Waals surface area contributed by atoms with Gasteiger partial charge in [-0.3, -0.25) is 4.79 Å². The Bertz CT molecular complexity index is 300. The smallest absolute Gasteiger partial charge is 0.269 e.